The maximum absolute atomic E-state index is 10.7. The van der Waals surface area contributed by atoms with Crippen LogP contribution in [0.3, 0.4) is 0 Å². The van der Waals surface area contributed by atoms with Crippen molar-refractivity contribution in [2.24, 2.45) is 0 Å². The van der Waals surface area contributed by atoms with E-state index in [2.05, 4.69) is 12.9 Å². The molecule has 0 spiro atoms. The second-order valence-corrected chi connectivity index (χ2v) is 7.96. The van der Waals surface area contributed by atoms with E-state index in [4.69, 9.17) is 29.4 Å². The van der Waals surface area contributed by atoms with E-state index in [9.17, 15) is 18.3 Å². The third kappa shape index (κ3) is 35.4. The van der Waals surface area contributed by atoms with Crippen molar-refractivity contribution >= 4 is 77.4 Å². The van der Waals surface area contributed by atoms with E-state index in [0.717, 1.165) is 0 Å². The van der Waals surface area contributed by atoms with Gasteiger partial charge in [0.15, 0.2) is 0 Å². The Balaban J connectivity index is -0.0000000141. The summed E-state index contributed by atoms with van der Waals surface area (Å²) in [5, 5.41) is 0. The van der Waals surface area contributed by atoms with Crippen LogP contribution in [-0.2, 0) is 31.2 Å². The summed E-state index contributed by atoms with van der Waals surface area (Å²) < 4.78 is 50.9. The molecular formula is H14K4Mg2O13P4. The summed E-state index contributed by atoms with van der Waals surface area (Å²) in [6.45, 7) is 0. The molecule has 13 nitrogen and oxygen atoms in total. The average molecular weight is 551 g/mol. The first-order chi connectivity index (χ1) is 7.12. The number of phosphoric acid groups is 4. The predicted molar refractivity (Wildman–Crippen MR) is 67.4 cm³/mol. The van der Waals surface area contributed by atoms with Crippen LogP contribution in [0.15, 0.2) is 0 Å². The minimum absolute atomic E-state index is 0. The fourth-order valence-corrected chi connectivity index (χ4v) is 4.40. The molecule has 23 heteroatoms. The molecule has 0 heterocycles. The van der Waals surface area contributed by atoms with Crippen LogP contribution in [0.2, 0.25) is 0 Å². The van der Waals surface area contributed by atoms with Crippen molar-refractivity contribution in [2.75, 3.05) is 0 Å². The summed E-state index contributed by atoms with van der Waals surface area (Å²) in [6, 6.07) is 0. The Morgan fingerprint density at radius 3 is 0.826 bits per heavy atom. The molecule has 0 fully saturated rings. The summed E-state index contributed by atoms with van der Waals surface area (Å²) in [5.41, 5.74) is 0. The molecule has 6 N–H and O–H groups in total. The number of rotatable bonds is 6. The number of hydrogen-bond donors (Lipinski definition) is 6. The van der Waals surface area contributed by atoms with Gasteiger partial charge in [0.25, 0.3) is 0 Å². The maximum Gasteiger partial charge on any atom is 2.00 e. The molecule has 0 aromatic carbocycles. The topological polar surface area (TPSA) is 217 Å². The molecular weight excluding hydrogens is 537 g/mol. The molecule has 0 aliphatic carbocycles. The normalized spacial score (nSPS) is 15.2. The molecule has 0 saturated heterocycles. The molecule has 0 bridgehead atoms. The van der Waals surface area contributed by atoms with Crippen LogP contribution >= 0.6 is 31.3 Å². The fourth-order valence-electron chi connectivity index (χ4n) is 0.429. The zero-order chi connectivity index (χ0) is 14.1. The predicted octanol–water partition coefficient (Wildman–Crippen LogP) is -12.4. The van der Waals surface area contributed by atoms with E-state index < -0.39 is 31.3 Å². The average Bonchev–Trinajstić information content (AvgIpc) is 1.65. The first kappa shape index (κ1) is 48.9. The molecule has 2 unspecified atom stereocenters. The Kier molecular flexibility index (Phi) is 45.1. The molecule has 2 atom stereocenters. The van der Waals surface area contributed by atoms with Crippen LogP contribution in [0.25, 0.3) is 0 Å². The molecule has 0 aliphatic heterocycles. The Hall–Kier alpha value is 8.64. The molecule has 0 saturated carbocycles. The van der Waals surface area contributed by atoms with Gasteiger partial charge in [0.05, 0.1) is 0 Å². The van der Waals surface area contributed by atoms with Gasteiger partial charge in [0.2, 0.25) is 0 Å². The molecule has 0 rings (SSSR count). The third-order valence-electron chi connectivity index (χ3n) is 0.625. The van der Waals surface area contributed by atoms with Crippen LogP contribution in [0, 0.1) is 0 Å². The SMILES string of the molecule is O=P(O)(O)OP(=O)(O)OP(=O)(O)OP(=O)(O)O.[H-].[H-].[H-].[H-].[H-].[H-].[H-].[H-].[K+].[K+].[K+].[K+].[Mg+2].[Mg+2]. The maximum atomic E-state index is 10.7. The van der Waals surface area contributed by atoms with Crippen LogP contribution in [-0.4, -0.2) is 75.5 Å². The van der Waals surface area contributed by atoms with Gasteiger partial charge in [0.1, 0.15) is 0 Å². The van der Waals surface area contributed by atoms with Gasteiger partial charge in [-0.05, 0) is 0 Å². The fraction of sp³-hybridized carbons (Fsp3) is 0. The molecule has 0 amide bonds. The molecule has 0 aromatic heterocycles. The van der Waals surface area contributed by atoms with Gasteiger partial charge in [-0.25, -0.2) is 18.3 Å². The van der Waals surface area contributed by atoms with Crippen LogP contribution in [0.5, 0.6) is 0 Å². The van der Waals surface area contributed by atoms with Crippen molar-refractivity contribution in [1.29, 1.82) is 0 Å². The third-order valence-corrected chi connectivity index (χ3v) is 5.63. The summed E-state index contributed by atoms with van der Waals surface area (Å²) in [5.74, 6) is 0. The molecule has 120 valence electrons. The number of hydrogen-bond acceptors (Lipinski definition) is 7. The van der Waals surface area contributed by atoms with Gasteiger partial charge < -0.3 is 40.8 Å². The Bertz CT molecular complexity index is 452. The quantitative estimate of drug-likeness (QED) is 0.134. The van der Waals surface area contributed by atoms with Crippen LogP contribution < -0.4 is 206 Å². The van der Waals surface area contributed by atoms with Crippen molar-refractivity contribution in [1.82, 2.24) is 0 Å². The monoisotopic (exact) mass is 550 g/mol. The first-order valence-corrected chi connectivity index (χ1v) is 9.08. The van der Waals surface area contributed by atoms with Crippen molar-refractivity contribution in [3.05, 3.63) is 0 Å². The van der Waals surface area contributed by atoms with Crippen molar-refractivity contribution in [2.45, 2.75) is 0 Å². The van der Waals surface area contributed by atoms with Gasteiger partial charge in [-0.1, -0.05) is 0 Å². The zero-order valence-electron chi connectivity index (χ0n) is 20.7. The van der Waals surface area contributed by atoms with E-state index >= 15 is 0 Å². The van der Waals surface area contributed by atoms with Gasteiger partial charge in [-0.2, -0.15) is 12.9 Å². The van der Waals surface area contributed by atoms with Crippen LogP contribution in [0.4, 0.5) is 0 Å². The Morgan fingerprint density at radius 2 is 0.696 bits per heavy atom. The Labute approximate surface area is 345 Å². The molecule has 0 aliphatic rings. The van der Waals surface area contributed by atoms with Gasteiger partial charge in [-0.3, -0.25) is 0 Å². The largest absolute Gasteiger partial charge is 2.00 e. The minimum Gasteiger partial charge on any atom is -1.00 e. The summed E-state index contributed by atoms with van der Waals surface area (Å²) in [7, 11) is -22.6. The van der Waals surface area contributed by atoms with Crippen molar-refractivity contribution in [3.8, 4) is 0 Å². The molecule has 23 heavy (non-hydrogen) atoms. The van der Waals surface area contributed by atoms with E-state index in [0.29, 0.717) is 0 Å². The minimum atomic E-state index is -5.77. The van der Waals surface area contributed by atoms with Gasteiger partial charge >= 0.3 is 283 Å². The second-order valence-electron chi connectivity index (χ2n) is 2.16. The van der Waals surface area contributed by atoms with Gasteiger partial charge in [-0.15, -0.1) is 0 Å². The first-order valence-electron chi connectivity index (χ1n) is 3.03. The smallest absolute Gasteiger partial charge is 1.00 e. The molecule has 0 aromatic rings. The van der Waals surface area contributed by atoms with E-state index in [1.165, 1.54) is 0 Å². The van der Waals surface area contributed by atoms with Crippen molar-refractivity contribution < 1.29 is 278 Å². The molecule has 0 radical (unpaired) electrons. The van der Waals surface area contributed by atoms with Crippen LogP contribution in [0.1, 0.15) is 11.4 Å². The Morgan fingerprint density at radius 1 is 0.522 bits per heavy atom. The standard InChI is InChI=1S/4K.2Mg.H6O13P4.8H/c;;;;;;1-14(2,3)11-16(7,8)13-17(9,10)12-15(4,5)6;;;;;;;;/h;;;;;;(H,7,8)(H,9,10)(H2,1,2,3)(H2,4,5,6);;;;;;;;/q4*+1;2*+2;;8*-1. The zero-order valence-corrected chi connectivity index (χ0v) is 31.6. The van der Waals surface area contributed by atoms with E-state index in [-0.39, 0.29) is 263 Å². The second kappa shape index (κ2) is 21.2. The summed E-state index contributed by atoms with van der Waals surface area (Å²) in [6.07, 6.45) is 0. The summed E-state index contributed by atoms with van der Waals surface area (Å²) >= 11 is 0. The summed E-state index contributed by atoms with van der Waals surface area (Å²) in [4.78, 5) is 49.4. The van der Waals surface area contributed by atoms with Gasteiger partial charge in [0, 0.05) is 0 Å². The van der Waals surface area contributed by atoms with E-state index in [1.54, 1.807) is 0 Å². The van der Waals surface area contributed by atoms with Crippen molar-refractivity contribution in [3.63, 3.8) is 0 Å². The van der Waals surface area contributed by atoms with E-state index in [1.807, 2.05) is 0 Å².